The van der Waals surface area contributed by atoms with Crippen molar-refractivity contribution in [1.29, 1.82) is 0 Å². The lowest BCUT2D eigenvalue weighted by atomic mass is 10.1. The van der Waals surface area contributed by atoms with Crippen LogP contribution in [0.1, 0.15) is 41.8 Å². The predicted molar refractivity (Wildman–Crippen MR) is 91.1 cm³/mol. The molecule has 1 aromatic carbocycles. The van der Waals surface area contributed by atoms with E-state index < -0.39 is 0 Å². The lowest BCUT2D eigenvalue weighted by Crippen LogP contribution is -2.29. The van der Waals surface area contributed by atoms with Gasteiger partial charge in [-0.2, -0.15) is 5.10 Å². The van der Waals surface area contributed by atoms with Crippen LogP contribution in [0.25, 0.3) is 0 Å². The monoisotopic (exact) mass is 298 g/mol. The van der Waals surface area contributed by atoms with Gasteiger partial charge in [-0.05, 0) is 50.8 Å². The molecule has 0 radical (unpaired) electrons. The van der Waals surface area contributed by atoms with Gasteiger partial charge in [-0.1, -0.05) is 12.1 Å². The average Bonchev–Trinajstić information content (AvgIpc) is 2.88. The number of nitrogens with zero attached hydrogens (tertiary/aromatic N) is 2. The number of hydrogen-bond acceptors (Lipinski definition) is 3. The van der Waals surface area contributed by atoms with Crippen LogP contribution in [-0.2, 0) is 13.1 Å². The van der Waals surface area contributed by atoms with Crippen LogP contribution in [0.3, 0.4) is 0 Å². The van der Waals surface area contributed by atoms with Crippen molar-refractivity contribution in [1.82, 2.24) is 15.5 Å². The first-order valence-corrected chi connectivity index (χ1v) is 8.29. The molecule has 0 atom stereocenters. The minimum atomic E-state index is 0.863. The number of H-pyrrole nitrogens is 1. The number of rotatable bonds is 5. The minimum Gasteiger partial charge on any atom is -0.372 e. The van der Waals surface area contributed by atoms with Crippen molar-refractivity contribution in [3.63, 3.8) is 0 Å². The molecule has 2 heterocycles. The number of benzene rings is 1. The van der Waals surface area contributed by atoms with E-state index in [1.165, 1.54) is 49.2 Å². The molecule has 0 amide bonds. The van der Waals surface area contributed by atoms with Crippen molar-refractivity contribution in [2.24, 2.45) is 0 Å². The van der Waals surface area contributed by atoms with E-state index in [1.54, 1.807) is 0 Å². The van der Waals surface area contributed by atoms with Gasteiger partial charge in [-0.3, -0.25) is 5.10 Å². The first-order chi connectivity index (χ1) is 10.7. The Morgan fingerprint density at radius 3 is 2.41 bits per heavy atom. The molecule has 118 valence electrons. The fourth-order valence-electron chi connectivity index (χ4n) is 3.14. The van der Waals surface area contributed by atoms with E-state index in [4.69, 9.17) is 0 Å². The molecule has 0 spiro atoms. The van der Waals surface area contributed by atoms with E-state index in [0.717, 1.165) is 24.5 Å². The molecule has 1 fully saturated rings. The van der Waals surface area contributed by atoms with Crippen molar-refractivity contribution < 1.29 is 0 Å². The Kier molecular flexibility index (Phi) is 4.78. The van der Waals surface area contributed by atoms with Gasteiger partial charge in [-0.15, -0.1) is 0 Å². The number of aryl methyl sites for hydroxylation is 2. The highest BCUT2D eigenvalue weighted by molar-refractivity contribution is 5.47. The maximum atomic E-state index is 4.23. The molecule has 1 aliphatic heterocycles. The van der Waals surface area contributed by atoms with Crippen LogP contribution in [0, 0.1) is 13.8 Å². The van der Waals surface area contributed by atoms with Crippen molar-refractivity contribution in [3.8, 4) is 0 Å². The second-order valence-electron chi connectivity index (χ2n) is 6.23. The maximum absolute atomic E-state index is 4.23. The number of nitrogens with one attached hydrogen (secondary N) is 2. The molecule has 2 N–H and O–H groups in total. The van der Waals surface area contributed by atoms with Gasteiger partial charge in [0, 0.05) is 43.1 Å². The molecule has 22 heavy (non-hydrogen) atoms. The summed E-state index contributed by atoms with van der Waals surface area (Å²) in [5.74, 6) is 0. The quantitative estimate of drug-likeness (QED) is 0.890. The highest BCUT2D eigenvalue weighted by atomic mass is 15.1. The second-order valence-corrected chi connectivity index (χ2v) is 6.23. The number of anilines is 1. The number of hydrogen-bond donors (Lipinski definition) is 2. The Morgan fingerprint density at radius 2 is 1.77 bits per heavy atom. The number of aromatic amines is 1. The summed E-state index contributed by atoms with van der Waals surface area (Å²) in [4.78, 5) is 2.50. The Morgan fingerprint density at radius 1 is 1.05 bits per heavy atom. The molecule has 3 rings (SSSR count). The van der Waals surface area contributed by atoms with Gasteiger partial charge in [0.1, 0.15) is 0 Å². The van der Waals surface area contributed by atoms with Crippen molar-refractivity contribution in [3.05, 3.63) is 46.8 Å². The van der Waals surface area contributed by atoms with Gasteiger partial charge in [0.05, 0.1) is 5.69 Å². The minimum absolute atomic E-state index is 0.863. The molecule has 4 nitrogen and oxygen atoms in total. The third-order valence-corrected chi connectivity index (χ3v) is 4.57. The largest absolute Gasteiger partial charge is 0.372 e. The predicted octanol–water partition coefficient (Wildman–Crippen LogP) is 3.31. The zero-order chi connectivity index (χ0) is 15.4. The molecular formula is C18H26N4. The molecule has 1 aliphatic rings. The summed E-state index contributed by atoms with van der Waals surface area (Å²) in [5, 5.41) is 10.8. The molecule has 1 aromatic heterocycles. The van der Waals surface area contributed by atoms with Gasteiger partial charge < -0.3 is 10.2 Å². The lowest BCUT2D eigenvalue weighted by Gasteiger charge is -2.28. The number of aromatic nitrogens is 2. The van der Waals surface area contributed by atoms with E-state index in [2.05, 4.69) is 51.6 Å². The molecule has 0 saturated carbocycles. The second kappa shape index (κ2) is 6.97. The highest BCUT2D eigenvalue weighted by Gasteiger charge is 2.10. The first-order valence-electron chi connectivity index (χ1n) is 8.29. The summed E-state index contributed by atoms with van der Waals surface area (Å²) in [6.07, 6.45) is 4.03. The Bertz CT molecular complexity index is 575. The maximum Gasteiger partial charge on any atom is 0.0638 e. The Balaban J connectivity index is 1.53. The van der Waals surface area contributed by atoms with Crippen LogP contribution in [0.2, 0.25) is 0 Å². The molecule has 0 aliphatic carbocycles. The van der Waals surface area contributed by atoms with Gasteiger partial charge in [0.15, 0.2) is 0 Å². The lowest BCUT2D eigenvalue weighted by molar-refractivity contribution is 0.578. The fourth-order valence-corrected chi connectivity index (χ4v) is 3.14. The van der Waals surface area contributed by atoms with Gasteiger partial charge in [0.25, 0.3) is 0 Å². The Hall–Kier alpha value is -1.81. The third kappa shape index (κ3) is 3.50. The summed E-state index contributed by atoms with van der Waals surface area (Å²) in [7, 11) is 0. The van der Waals surface area contributed by atoms with Crippen LogP contribution in [0.5, 0.6) is 0 Å². The highest BCUT2D eigenvalue weighted by Crippen LogP contribution is 2.20. The van der Waals surface area contributed by atoms with Crippen molar-refractivity contribution >= 4 is 5.69 Å². The van der Waals surface area contributed by atoms with Gasteiger partial charge in [-0.25, -0.2) is 0 Å². The van der Waals surface area contributed by atoms with Crippen molar-refractivity contribution in [2.75, 3.05) is 18.0 Å². The van der Waals surface area contributed by atoms with E-state index in [0.29, 0.717) is 0 Å². The molecular weight excluding hydrogens is 272 g/mol. The first kappa shape index (κ1) is 15.1. The van der Waals surface area contributed by atoms with E-state index in [9.17, 15) is 0 Å². The summed E-state index contributed by atoms with van der Waals surface area (Å²) in [6.45, 7) is 8.29. The van der Waals surface area contributed by atoms with E-state index >= 15 is 0 Å². The summed E-state index contributed by atoms with van der Waals surface area (Å²) in [5.41, 5.74) is 6.23. The molecule has 0 unspecified atom stereocenters. The molecule has 4 heteroatoms. The van der Waals surface area contributed by atoms with E-state index in [1.807, 2.05) is 6.92 Å². The standard InChI is InChI=1S/C18H26N4/c1-14-18(15(2)21-20-14)13-19-12-16-6-8-17(9-7-16)22-10-4-3-5-11-22/h6-9,19H,3-5,10-13H2,1-2H3,(H,20,21). The van der Waals surface area contributed by atoms with Crippen molar-refractivity contribution in [2.45, 2.75) is 46.2 Å². The zero-order valence-corrected chi connectivity index (χ0v) is 13.7. The molecule has 1 saturated heterocycles. The summed E-state index contributed by atoms with van der Waals surface area (Å²) < 4.78 is 0. The van der Waals surface area contributed by atoms with Crippen LogP contribution in [-0.4, -0.2) is 23.3 Å². The Labute approximate surface area is 132 Å². The number of piperidine rings is 1. The average molecular weight is 298 g/mol. The zero-order valence-electron chi connectivity index (χ0n) is 13.7. The van der Waals surface area contributed by atoms with Crippen LogP contribution in [0.4, 0.5) is 5.69 Å². The van der Waals surface area contributed by atoms with Crippen LogP contribution < -0.4 is 10.2 Å². The van der Waals surface area contributed by atoms with Gasteiger partial charge in [0.2, 0.25) is 0 Å². The van der Waals surface area contributed by atoms with Crippen LogP contribution in [0.15, 0.2) is 24.3 Å². The fraction of sp³-hybridized carbons (Fsp3) is 0.500. The van der Waals surface area contributed by atoms with Crippen LogP contribution >= 0.6 is 0 Å². The van der Waals surface area contributed by atoms with E-state index in [-0.39, 0.29) is 0 Å². The smallest absolute Gasteiger partial charge is 0.0638 e. The normalized spacial score (nSPS) is 15.3. The molecule has 0 bridgehead atoms. The summed E-state index contributed by atoms with van der Waals surface area (Å²) in [6, 6.07) is 9.01. The SMILES string of the molecule is Cc1n[nH]c(C)c1CNCc1ccc(N2CCCCC2)cc1. The summed E-state index contributed by atoms with van der Waals surface area (Å²) >= 11 is 0. The topological polar surface area (TPSA) is 44.0 Å². The third-order valence-electron chi connectivity index (χ3n) is 4.57. The molecule has 2 aromatic rings. The van der Waals surface area contributed by atoms with Gasteiger partial charge >= 0.3 is 0 Å².